The molecule has 4 nitrogen and oxygen atoms in total. The van der Waals surface area contributed by atoms with Crippen LogP contribution in [0.1, 0.15) is 16.2 Å². The maximum absolute atomic E-state index is 11.5. The molecule has 15 heavy (non-hydrogen) atoms. The Kier molecular flexibility index (Phi) is 2.52. The van der Waals surface area contributed by atoms with E-state index in [4.69, 9.17) is 9.68 Å². The van der Waals surface area contributed by atoms with E-state index in [1.807, 2.05) is 0 Å². The van der Waals surface area contributed by atoms with Gasteiger partial charge in [-0.3, -0.25) is 4.79 Å². The Labute approximate surface area is 93.6 Å². The summed E-state index contributed by atoms with van der Waals surface area (Å²) in [6.45, 7) is 0. The molecule has 0 spiro atoms. The molecule has 5 heteroatoms. The van der Waals surface area contributed by atoms with Crippen LogP contribution in [-0.2, 0) is 0 Å². The van der Waals surface area contributed by atoms with Crippen LogP contribution in [0.4, 0.5) is 0 Å². The first-order valence-corrected chi connectivity index (χ1v) is 5.27. The van der Waals surface area contributed by atoms with Gasteiger partial charge in [-0.2, -0.15) is 10.2 Å². The Morgan fingerprint density at radius 2 is 2.40 bits per heavy atom. The number of nitrogens with zero attached hydrogens (tertiary/aromatic N) is 2. The van der Waals surface area contributed by atoms with E-state index in [9.17, 15) is 4.79 Å². The topological polar surface area (TPSA) is 66.9 Å². The summed E-state index contributed by atoms with van der Waals surface area (Å²) in [5.74, 6) is -0.124. The number of aromatic nitrogens is 1. The minimum Gasteiger partial charge on any atom is -0.428 e. The number of Topliss-reactive ketones (excluding diaryl/α,β-unsaturated/α-hetero) is 1. The van der Waals surface area contributed by atoms with Gasteiger partial charge < -0.3 is 4.42 Å². The van der Waals surface area contributed by atoms with Gasteiger partial charge >= 0.3 is 5.89 Å². The van der Waals surface area contributed by atoms with E-state index in [0.29, 0.717) is 16.7 Å². The van der Waals surface area contributed by atoms with Gasteiger partial charge in [0.25, 0.3) is 0 Å². The van der Waals surface area contributed by atoms with Gasteiger partial charge in [0.15, 0.2) is 17.4 Å². The van der Waals surface area contributed by atoms with E-state index in [1.54, 1.807) is 24.3 Å². The fourth-order valence-corrected chi connectivity index (χ4v) is 1.59. The number of para-hydroxylation sites is 1. The highest BCUT2D eigenvalue weighted by atomic mass is 79.9. The lowest BCUT2D eigenvalue weighted by Gasteiger charge is -1.95. The number of hydrogen-bond donors (Lipinski definition) is 0. The Morgan fingerprint density at radius 3 is 3.07 bits per heavy atom. The molecule has 0 N–H and O–H groups in total. The number of carbonyl (C=O) groups is 1. The van der Waals surface area contributed by atoms with E-state index in [1.165, 1.54) is 0 Å². The molecule has 1 heterocycles. The first kappa shape index (κ1) is 9.87. The van der Waals surface area contributed by atoms with Crippen molar-refractivity contribution in [1.82, 2.24) is 4.98 Å². The van der Waals surface area contributed by atoms with E-state index in [-0.39, 0.29) is 17.0 Å². The molecule has 0 unspecified atom stereocenters. The Hall–Kier alpha value is -1.67. The number of benzene rings is 1. The maximum Gasteiger partial charge on any atom is 0.301 e. The molecule has 0 saturated carbocycles. The normalized spacial score (nSPS) is 10.1. The molecular formula is C10H5BrN2O2. The summed E-state index contributed by atoms with van der Waals surface area (Å²) >= 11 is 3.08. The van der Waals surface area contributed by atoms with Gasteiger partial charge in [-0.1, -0.05) is 22.0 Å². The molecule has 0 atom stereocenters. The van der Waals surface area contributed by atoms with Gasteiger partial charge in [0.1, 0.15) is 5.52 Å². The molecule has 0 saturated heterocycles. The second-order valence-electron chi connectivity index (χ2n) is 2.84. The zero-order chi connectivity index (χ0) is 10.8. The molecule has 0 aliphatic rings. The summed E-state index contributed by atoms with van der Waals surface area (Å²) < 4.78 is 5.16. The fraction of sp³-hybridized carbons (Fsp3) is 0.100. The molecule has 0 amide bonds. The molecule has 1 aromatic carbocycles. The second-order valence-corrected chi connectivity index (χ2v) is 3.40. The van der Waals surface area contributed by atoms with Crippen molar-refractivity contribution in [2.75, 3.05) is 5.33 Å². The molecule has 1 aromatic heterocycles. The number of ketones is 1. The fourth-order valence-electron chi connectivity index (χ4n) is 1.29. The number of alkyl halides is 1. The van der Waals surface area contributed by atoms with Crippen molar-refractivity contribution < 1.29 is 9.21 Å². The Balaban J connectivity index is 2.71. The summed E-state index contributed by atoms with van der Waals surface area (Å²) in [4.78, 5) is 15.4. The molecule has 0 aliphatic heterocycles. The largest absolute Gasteiger partial charge is 0.428 e. The monoisotopic (exact) mass is 264 g/mol. The van der Waals surface area contributed by atoms with E-state index < -0.39 is 0 Å². The number of rotatable bonds is 2. The van der Waals surface area contributed by atoms with E-state index in [0.717, 1.165) is 0 Å². The van der Waals surface area contributed by atoms with Crippen molar-refractivity contribution in [3.05, 3.63) is 29.7 Å². The van der Waals surface area contributed by atoms with Crippen LogP contribution in [0.15, 0.2) is 22.6 Å². The van der Waals surface area contributed by atoms with Crippen molar-refractivity contribution in [2.24, 2.45) is 0 Å². The zero-order valence-electron chi connectivity index (χ0n) is 7.53. The maximum atomic E-state index is 11.5. The number of hydrogen-bond acceptors (Lipinski definition) is 4. The number of nitriles is 1. The highest BCUT2D eigenvalue weighted by Crippen LogP contribution is 2.20. The highest BCUT2D eigenvalue weighted by Gasteiger charge is 2.13. The first-order valence-electron chi connectivity index (χ1n) is 4.15. The van der Waals surface area contributed by atoms with Crippen LogP contribution in [0.5, 0.6) is 0 Å². The summed E-state index contributed by atoms with van der Waals surface area (Å²) in [5.41, 5.74) is 1.34. The third-order valence-electron chi connectivity index (χ3n) is 1.93. The predicted molar refractivity (Wildman–Crippen MR) is 56.8 cm³/mol. The number of oxazole rings is 1. The molecule has 0 aliphatic carbocycles. The lowest BCUT2D eigenvalue weighted by molar-refractivity contribution is 0.102. The SMILES string of the molecule is N#Cc1nc2cccc(C(=O)CBr)c2o1. The van der Waals surface area contributed by atoms with Crippen molar-refractivity contribution in [3.8, 4) is 6.07 Å². The smallest absolute Gasteiger partial charge is 0.301 e. The number of carbonyl (C=O) groups excluding carboxylic acids is 1. The van der Waals surface area contributed by atoms with Crippen LogP contribution in [0.25, 0.3) is 11.1 Å². The minimum atomic E-state index is -0.0961. The first-order chi connectivity index (χ1) is 7.26. The number of fused-ring (bicyclic) bond motifs is 1. The van der Waals surface area contributed by atoms with Gasteiger partial charge in [-0.15, -0.1) is 0 Å². The predicted octanol–water partition coefficient (Wildman–Crippen LogP) is 2.28. The molecule has 0 bridgehead atoms. The van der Waals surface area contributed by atoms with Crippen LogP contribution in [0.3, 0.4) is 0 Å². The average molecular weight is 265 g/mol. The summed E-state index contributed by atoms with van der Waals surface area (Å²) in [5, 5.41) is 8.84. The Morgan fingerprint density at radius 1 is 1.60 bits per heavy atom. The average Bonchev–Trinajstić information content (AvgIpc) is 2.70. The van der Waals surface area contributed by atoms with Crippen molar-refractivity contribution in [2.45, 2.75) is 0 Å². The molecule has 2 aromatic rings. The van der Waals surface area contributed by atoms with Crippen LogP contribution in [0.2, 0.25) is 0 Å². The van der Waals surface area contributed by atoms with Gasteiger partial charge in [-0.05, 0) is 12.1 Å². The third kappa shape index (κ3) is 1.64. The lowest BCUT2D eigenvalue weighted by Crippen LogP contribution is -1.99. The lowest BCUT2D eigenvalue weighted by atomic mass is 10.1. The highest BCUT2D eigenvalue weighted by molar-refractivity contribution is 9.09. The van der Waals surface area contributed by atoms with Crippen LogP contribution in [-0.4, -0.2) is 16.1 Å². The third-order valence-corrected chi connectivity index (χ3v) is 2.44. The van der Waals surface area contributed by atoms with Crippen molar-refractivity contribution in [3.63, 3.8) is 0 Å². The van der Waals surface area contributed by atoms with Gasteiger partial charge in [0.05, 0.1) is 10.9 Å². The van der Waals surface area contributed by atoms with Crippen LogP contribution < -0.4 is 0 Å². The van der Waals surface area contributed by atoms with Crippen LogP contribution in [0, 0.1) is 11.3 Å². The summed E-state index contributed by atoms with van der Waals surface area (Å²) in [6, 6.07) is 6.86. The molecule has 74 valence electrons. The van der Waals surface area contributed by atoms with Crippen molar-refractivity contribution in [1.29, 1.82) is 5.26 Å². The number of halogens is 1. The molecule has 2 rings (SSSR count). The molecule has 0 fully saturated rings. The van der Waals surface area contributed by atoms with Gasteiger partial charge in [0.2, 0.25) is 0 Å². The van der Waals surface area contributed by atoms with Gasteiger partial charge in [-0.25, -0.2) is 0 Å². The summed E-state index contributed by atoms with van der Waals surface area (Å²) in [7, 11) is 0. The van der Waals surface area contributed by atoms with Gasteiger partial charge in [0, 0.05) is 0 Å². The molecule has 0 radical (unpaired) electrons. The van der Waals surface area contributed by atoms with Crippen LogP contribution >= 0.6 is 15.9 Å². The second kappa shape index (κ2) is 3.83. The standard InChI is InChI=1S/C10H5BrN2O2/c11-4-8(14)6-2-1-3-7-10(6)15-9(5-12)13-7/h1-3H,4H2. The van der Waals surface area contributed by atoms with E-state index in [2.05, 4.69) is 20.9 Å². The minimum absolute atomic E-state index is 0.0279. The van der Waals surface area contributed by atoms with E-state index >= 15 is 0 Å². The summed E-state index contributed by atoms with van der Waals surface area (Å²) in [6.07, 6.45) is 0. The zero-order valence-corrected chi connectivity index (χ0v) is 9.11. The quantitative estimate of drug-likeness (QED) is 0.617. The Bertz CT molecular complexity index is 568. The van der Waals surface area contributed by atoms with Crippen molar-refractivity contribution >= 4 is 32.8 Å². The molecular weight excluding hydrogens is 260 g/mol.